The number of nitrogens with one attached hydrogen (secondary N) is 1. The van der Waals surface area contributed by atoms with E-state index >= 15 is 8.78 Å². The van der Waals surface area contributed by atoms with Crippen LogP contribution in [0.5, 0.6) is 0 Å². The van der Waals surface area contributed by atoms with E-state index in [9.17, 15) is 47.7 Å². The lowest BCUT2D eigenvalue weighted by atomic mass is 9.92. The second-order valence-electron chi connectivity index (χ2n) is 27.5. The summed E-state index contributed by atoms with van der Waals surface area (Å²) < 4.78 is 87.6. The lowest BCUT2D eigenvalue weighted by molar-refractivity contribution is -0.163. The molecule has 1 aliphatic carbocycles. The van der Waals surface area contributed by atoms with Crippen molar-refractivity contribution >= 4 is 76.9 Å². The Bertz CT molecular complexity index is 3830. The van der Waals surface area contributed by atoms with Crippen molar-refractivity contribution < 1.29 is 84.4 Å². The molecule has 0 bridgehead atoms. The van der Waals surface area contributed by atoms with Gasteiger partial charge in [-0.1, -0.05) is 78.9 Å². The average Bonchev–Trinajstić information content (AvgIpc) is 1.41. The summed E-state index contributed by atoms with van der Waals surface area (Å²) in [5, 5.41) is 3.08. The number of hydrogen-bond acceptors (Lipinski definition) is 17. The molecule has 3 heterocycles. The van der Waals surface area contributed by atoms with Crippen molar-refractivity contribution in [3.05, 3.63) is 140 Å². The van der Waals surface area contributed by atoms with Crippen LogP contribution in [0, 0.1) is 16.7 Å². The molecule has 1 saturated carbocycles. The molecule has 0 spiro atoms. The fourth-order valence-electron chi connectivity index (χ4n) is 12.3. The predicted molar refractivity (Wildman–Crippen MR) is 361 cm³/mol. The van der Waals surface area contributed by atoms with E-state index in [1.165, 1.54) is 64.7 Å². The van der Waals surface area contributed by atoms with Crippen molar-refractivity contribution in [3.8, 4) is 0 Å². The summed E-state index contributed by atoms with van der Waals surface area (Å²) in [6.07, 6.45) is 5.80. The average molecular weight is 1380 g/mol. The van der Waals surface area contributed by atoms with Crippen LogP contribution in [0.2, 0.25) is 0 Å². The first-order chi connectivity index (χ1) is 46.4. The van der Waals surface area contributed by atoms with Gasteiger partial charge in [0.2, 0.25) is 31.3 Å². The van der Waals surface area contributed by atoms with Crippen LogP contribution in [0.1, 0.15) is 165 Å². The van der Waals surface area contributed by atoms with E-state index in [1.807, 2.05) is 60.7 Å². The van der Waals surface area contributed by atoms with Gasteiger partial charge in [-0.15, -0.1) is 0 Å². The summed E-state index contributed by atoms with van der Waals surface area (Å²) in [5.41, 5.74) is 5.52. The number of amides is 3. The van der Waals surface area contributed by atoms with Gasteiger partial charge in [0.05, 0.1) is 58.8 Å². The summed E-state index contributed by atoms with van der Waals surface area (Å²) in [5.74, 6) is -4.69. The number of aryl methyl sites for hydroxylation is 4. The Hall–Kier alpha value is -7.86. The predicted octanol–water partition coefficient (Wildman–Crippen LogP) is 10.8. The molecular weight excluding hydrogens is 1290 g/mol. The van der Waals surface area contributed by atoms with Crippen molar-refractivity contribution in [1.29, 1.82) is 0 Å². The molecule has 3 aliphatic rings. The fraction of sp³-hybridized carbons (Fsp3) is 0.521. The van der Waals surface area contributed by atoms with Crippen LogP contribution in [0.15, 0.2) is 95.8 Å². The number of primary amides is 1. The monoisotopic (exact) mass is 1380 g/mol. The molecule has 5 atom stereocenters. The molecule has 2 aliphatic heterocycles. The van der Waals surface area contributed by atoms with Crippen molar-refractivity contribution in [2.45, 2.75) is 182 Å². The van der Waals surface area contributed by atoms with E-state index in [2.05, 4.69) is 5.32 Å². The number of nitrogens with two attached hydrogens (primary N) is 1. The van der Waals surface area contributed by atoms with E-state index in [-0.39, 0.29) is 62.4 Å². The molecule has 5 aromatic rings. The number of anilines is 1. The topological polar surface area (TPSA) is 286 Å². The smallest absolute Gasteiger partial charge is 0.410 e. The molecule has 8 rings (SSSR count). The number of hydrogen-bond donors (Lipinski definition) is 2. The van der Waals surface area contributed by atoms with Gasteiger partial charge >= 0.3 is 30.9 Å². The largest absolute Gasteiger partial charge is 0.438 e. The zero-order valence-electron chi connectivity index (χ0n) is 57.5. The summed E-state index contributed by atoms with van der Waals surface area (Å²) in [7, 11) is -3.88. The number of ketones is 3. The SMILES string of the molecule is C/C(=C\C(=O)C[C@H]1CCc2cccc3c2N(C1=O)[C@H](C(=O)N[C@@H](CCC(N)=O)[C@@H](C)OCc1ccc(CCCOCCCOCCCc2cccc4c2n(C)c(=O)n4C2CCC(=O)CC2=O)cc1)C3)c1ccc(C(F)(F)P(=O)(OCOC(=O)C(C)(C)C)OCOC(=O)C(C)(C)C)cc1. The molecule has 1 aromatic heterocycles. The molecule has 3 N–H and O–H groups in total. The highest BCUT2D eigenvalue weighted by Crippen LogP contribution is 2.67. The molecule has 0 radical (unpaired) electrons. The Morgan fingerprint density at radius 2 is 1.36 bits per heavy atom. The minimum atomic E-state index is -5.59. The third-order valence-corrected chi connectivity index (χ3v) is 19.7. The Labute approximate surface area is 570 Å². The number of rotatable bonds is 34. The number of esters is 2. The second kappa shape index (κ2) is 33.3. The van der Waals surface area contributed by atoms with E-state index in [1.54, 1.807) is 30.0 Å². The number of carbonyl (C=O) groups excluding carboxylic acids is 8. The van der Waals surface area contributed by atoms with Crippen molar-refractivity contribution in [2.75, 3.05) is 44.9 Å². The highest BCUT2D eigenvalue weighted by Gasteiger charge is 2.56. The highest BCUT2D eigenvalue weighted by atomic mass is 31.2. The number of halogens is 2. The van der Waals surface area contributed by atoms with E-state index in [4.69, 9.17) is 38.5 Å². The summed E-state index contributed by atoms with van der Waals surface area (Å²) in [6, 6.07) is 21.6. The zero-order chi connectivity index (χ0) is 71.3. The molecule has 3 amide bonds. The second-order valence-corrected chi connectivity index (χ2v) is 29.6. The van der Waals surface area contributed by atoms with Gasteiger partial charge in [-0.3, -0.25) is 66.0 Å². The normalized spacial score (nSPS) is 17.5. The molecule has 1 unspecified atom stereocenters. The Kier molecular flexibility index (Phi) is 25.8. The number of alkyl halides is 2. The number of carbonyl (C=O) groups is 8. The van der Waals surface area contributed by atoms with Gasteiger partial charge in [-0.2, -0.15) is 8.78 Å². The zero-order valence-corrected chi connectivity index (χ0v) is 58.4. The lowest BCUT2D eigenvalue weighted by Gasteiger charge is -2.31. The maximum absolute atomic E-state index is 16.3. The van der Waals surface area contributed by atoms with Gasteiger partial charge < -0.3 is 34.7 Å². The summed E-state index contributed by atoms with van der Waals surface area (Å²) in [4.78, 5) is 119. The molecule has 22 nitrogen and oxygen atoms in total. The standard InChI is InChI=1S/C73H92F2N5O17P/c1-46(50-27-29-55(30-28-50)73(74,75)98(90,96-44-94-68(87)71(3,4)5)97-45-95-69(88)72(6,7)8)39-57(82)40-54-26-25-52-16-10-18-53-41-61(80(64(52)53)67(54)86)66(85)77-58(32-34-63(76)84)47(2)93-43-49-23-21-48(22-24-49)15-12-35-91-37-14-38-92-36-13-19-51-17-11-20-60-65(51)78(9)70(89)79(60)59-33-31-56(81)42-62(59)83/h10-11,16-18,20-24,27-30,39,47,54,58-59,61H,12-15,19,25-26,31-38,40-45H2,1-9H3,(H2,76,84)(H,77,85)/b46-39+/t47-,54-,58+,59?,61+/m1/s1. The van der Waals surface area contributed by atoms with E-state index in [0.29, 0.717) is 74.5 Å². The Balaban J connectivity index is 0.792. The van der Waals surface area contributed by atoms with Gasteiger partial charge in [0, 0.05) is 70.6 Å². The number of fused-ring (bicyclic) bond motifs is 1. The first kappa shape index (κ1) is 75.9. The van der Waals surface area contributed by atoms with Gasteiger partial charge in [0.25, 0.3) is 0 Å². The molecule has 530 valence electrons. The highest BCUT2D eigenvalue weighted by molar-refractivity contribution is 7.54. The van der Waals surface area contributed by atoms with Crippen LogP contribution < -0.4 is 21.6 Å². The molecule has 0 saturated heterocycles. The molecular formula is C73H92F2N5O17P. The van der Waals surface area contributed by atoms with Crippen LogP contribution in [0.25, 0.3) is 16.6 Å². The Morgan fingerprint density at radius 1 is 0.755 bits per heavy atom. The molecule has 98 heavy (non-hydrogen) atoms. The van der Waals surface area contributed by atoms with Crippen molar-refractivity contribution in [2.24, 2.45) is 29.5 Å². The molecule has 1 fully saturated rings. The number of ether oxygens (including phenoxy) is 5. The fourth-order valence-corrected chi connectivity index (χ4v) is 13.5. The van der Waals surface area contributed by atoms with Crippen molar-refractivity contribution in [1.82, 2.24) is 14.5 Å². The van der Waals surface area contributed by atoms with Crippen LogP contribution in [0.3, 0.4) is 0 Å². The quantitative estimate of drug-likeness (QED) is 0.00966. The summed E-state index contributed by atoms with van der Waals surface area (Å²) >= 11 is 0. The maximum Gasteiger partial charge on any atom is 0.410 e. The Morgan fingerprint density at radius 3 is 1.98 bits per heavy atom. The van der Waals surface area contributed by atoms with Gasteiger partial charge in [-0.05, 0) is 164 Å². The maximum atomic E-state index is 16.3. The van der Waals surface area contributed by atoms with Gasteiger partial charge in [-0.25, -0.2) is 4.79 Å². The minimum Gasteiger partial charge on any atom is -0.438 e. The van der Waals surface area contributed by atoms with Gasteiger partial charge in [0.1, 0.15) is 11.8 Å². The number of aromatic nitrogens is 2. The van der Waals surface area contributed by atoms with Crippen LogP contribution >= 0.6 is 7.60 Å². The third-order valence-electron chi connectivity index (χ3n) is 17.9. The van der Waals surface area contributed by atoms with Crippen LogP contribution in [-0.4, -0.2) is 114 Å². The lowest BCUT2D eigenvalue weighted by Crippen LogP contribution is -2.54. The number of nitrogens with zero attached hydrogens (tertiary/aromatic N) is 3. The van der Waals surface area contributed by atoms with E-state index in [0.717, 1.165) is 71.1 Å². The van der Waals surface area contributed by atoms with Gasteiger partial charge in [0.15, 0.2) is 11.6 Å². The number of benzene rings is 4. The van der Waals surface area contributed by atoms with Crippen LogP contribution in [-0.2, 0) is 121 Å². The first-order valence-corrected chi connectivity index (χ1v) is 35.0. The first-order valence-electron chi connectivity index (χ1n) is 33.4. The number of Topliss-reactive ketones (excluding diaryl/α,β-unsaturated/α-hetero) is 2. The van der Waals surface area contributed by atoms with Crippen molar-refractivity contribution in [3.63, 3.8) is 0 Å². The minimum absolute atomic E-state index is 0.0435. The number of para-hydroxylation sites is 2. The van der Waals surface area contributed by atoms with Crippen LogP contribution in [0.4, 0.5) is 14.5 Å². The summed E-state index contributed by atoms with van der Waals surface area (Å²) in [6.45, 7) is 12.6. The van der Waals surface area contributed by atoms with E-state index < -0.39 is 109 Å². The third kappa shape index (κ3) is 19.1. The number of imidazole rings is 1. The molecule has 4 aromatic carbocycles. The number of allylic oxidation sites excluding steroid dienone is 2. The molecule has 25 heteroatoms.